The second-order valence-corrected chi connectivity index (χ2v) is 9.20. The summed E-state index contributed by atoms with van der Waals surface area (Å²) in [6, 6.07) is 4.58. The van der Waals surface area contributed by atoms with Crippen molar-refractivity contribution in [2.75, 3.05) is 59.4 Å². The molecule has 0 amide bonds. The SMILES string of the molecule is CCNC(=NCC(C)(C)c1ccc(F)cc1Cl)NCC(C)CN1CCN(C)CC1. The Bertz CT molecular complexity index is 671. The zero-order valence-corrected chi connectivity index (χ0v) is 19.3. The summed E-state index contributed by atoms with van der Waals surface area (Å²) < 4.78 is 13.4. The van der Waals surface area contributed by atoms with Crippen LogP contribution < -0.4 is 10.6 Å². The molecule has 1 aromatic rings. The van der Waals surface area contributed by atoms with Gasteiger partial charge in [-0.1, -0.05) is 38.4 Å². The maximum atomic E-state index is 13.4. The average molecular weight is 426 g/mol. The van der Waals surface area contributed by atoms with Crippen LogP contribution in [0.5, 0.6) is 0 Å². The van der Waals surface area contributed by atoms with Gasteiger partial charge in [0.2, 0.25) is 0 Å². The maximum Gasteiger partial charge on any atom is 0.191 e. The smallest absolute Gasteiger partial charge is 0.191 e. The summed E-state index contributed by atoms with van der Waals surface area (Å²) in [5.74, 6) is 1.02. The first-order valence-electron chi connectivity index (χ1n) is 10.6. The highest BCUT2D eigenvalue weighted by molar-refractivity contribution is 6.31. The van der Waals surface area contributed by atoms with E-state index in [1.54, 1.807) is 6.07 Å². The van der Waals surface area contributed by atoms with E-state index in [1.807, 2.05) is 0 Å². The third-order valence-electron chi connectivity index (χ3n) is 5.42. The number of hydrogen-bond acceptors (Lipinski definition) is 3. The molecule has 1 aliphatic heterocycles. The lowest BCUT2D eigenvalue weighted by Gasteiger charge is -2.34. The number of likely N-dealkylation sites (N-methyl/N-ethyl adjacent to an activating group) is 1. The minimum atomic E-state index is -0.317. The molecule has 1 aromatic carbocycles. The second kappa shape index (κ2) is 11.1. The Morgan fingerprint density at radius 1 is 1.24 bits per heavy atom. The van der Waals surface area contributed by atoms with Crippen molar-refractivity contribution in [3.8, 4) is 0 Å². The lowest BCUT2D eigenvalue weighted by Crippen LogP contribution is -2.47. The van der Waals surface area contributed by atoms with E-state index in [9.17, 15) is 4.39 Å². The van der Waals surface area contributed by atoms with Gasteiger partial charge in [0.25, 0.3) is 0 Å². The molecule has 0 radical (unpaired) electrons. The van der Waals surface area contributed by atoms with Gasteiger partial charge in [0, 0.05) is 56.3 Å². The summed E-state index contributed by atoms with van der Waals surface area (Å²) in [6.07, 6.45) is 0. The Hall–Kier alpha value is -1.37. The molecular formula is C22H37ClFN5. The number of benzene rings is 1. The summed E-state index contributed by atoms with van der Waals surface area (Å²) >= 11 is 6.27. The van der Waals surface area contributed by atoms with Gasteiger partial charge in [0.1, 0.15) is 5.82 Å². The Morgan fingerprint density at radius 2 is 1.93 bits per heavy atom. The highest BCUT2D eigenvalue weighted by Crippen LogP contribution is 2.30. The van der Waals surface area contributed by atoms with Crippen molar-refractivity contribution in [2.24, 2.45) is 10.9 Å². The third-order valence-corrected chi connectivity index (χ3v) is 5.73. The van der Waals surface area contributed by atoms with Gasteiger partial charge in [0.05, 0.1) is 6.54 Å². The van der Waals surface area contributed by atoms with Crippen LogP contribution in [0.25, 0.3) is 0 Å². The van der Waals surface area contributed by atoms with Crippen molar-refractivity contribution in [1.29, 1.82) is 0 Å². The van der Waals surface area contributed by atoms with Gasteiger partial charge < -0.3 is 20.4 Å². The van der Waals surface area contributed by atoms with Crippen LogP contribution >= 0.6 is 11.6 Å². The van der Waals surface area contributed by atoms with E-state index in [0.29, 0.717) is 17.5 Å². The molecule has 0 saturated carbocycles. The summed E-state index contributed by atoms with van der Waals surface area (Å²) in [6.45, 7) is 16.4. The zero-order valence-electron chi connectivity index (χ0n) is 18.6. The van der Waals surface area contributed by atoms with Crippen LogP contribution in [0.2, 0.25) is 5.02 Å². The van der Waals surface area contributed by atoms with Crippen LogP contribution in [0.3, 0.4) is 0 Å². The first-order valence-corrected chi connectivity index (χ1v) is 11.0. The zero-order chi connectivity index (χ0) is 21.4. The predicted octanol–water partition coefficient (Wildman–Crippen LogP) is 3.20. The van der Waals surface area contributed by atoms with Crippen molar-refractivity contribution < 1.29 is 4.39 Å². The van der Waals surface area contributed by atoms with E-state index >= 15 is 0 Å². The van der Waals surface area contributed by atoms with Gasteiger partial charge in [-0.25, -0.2) is 4.39 Å². The maximum absolute atomic E-state index is 13.4. The molecule has 1 heterocycles. The third kappa shape index (κ3) is 7.76. The molecule has 1 atom stereocenters. The number of guanidine groups is 1. The number of halogens is 2. The van der Waals surface area contributed by atoms with E-state index < -0.39 is 0 Å². The normalized spacial score (nSPS) is 18.0. The largest absolute Gasteiger partial charge is 0.357 e. The highest BCUT2D eigenvalue weighted by Gasteiger charge is 2.24. The average Bonchev–Trinajstić information content (AvgIpc) is 2.65. The van der Waals surface area contributed by atoms with Crippen LogP contribution in [-0.2, 0) is 5.41 Å². The number of piperazine rings is 1. The molecule has 5 nitrogen and oxygen atoms in total. The predicted molar refractivity (Wildman–Crippen MR) is 122 cm³/mol. The van der Waals surface area contributed by atoms with Crippen molar-refractivity contribution >= 4 is 17.6 Å². The molecule has 0 spiro atoms. The van der Waals surface area contributed by atoms with Crippen molar-refractivity contribution in [3.63, 3.8) is 0 Å². The number of hydrogen-bond donors (Lipinski definition) is 2. The Morgan fingerprint density at radius 3 is 2.55 bits per heavy atom. The molecule has 0 aromatic heterocycles. The minimum Gasteiger partial charge on any atom is -0.357 e. The number of rotatable bonds is 8. The highest BCUT2D eigenvalue weighted by atomic mass is 35.5. The molecular weight excluding hydrogens is 389 g/mol. The molecule has 1 saturated heterocycles. The molecule has 0 aliphatic carbocycles. The first-order chi connectivity index (χ1) is 13.7. The Labute approximate surface area is 180 Å². The molecule has 29 heavy (non-hydrogen) atoms. The molecule has 1 fully saturated rings. The van der Waals surface area contributed by atoms with Crippen molar-refractivity contribution in [2.45, 2.75) is 33.1 Å². The second-order valence-electron chi connectivity index (χ2n) is 8.79. The monoisotopic (exact) mass is 425 g/mol. The van der Waals surface area contributed by atoms with Gasteiger partial charge in [-0.2, -0.15) is 0 Å². The fourth-order valence-corrected chi connectivity index (χ4v) is 3.97. The van der Waals surface area contributed by atoms with Crippen molar-refractivity contribution in [3.05, 3.63) is 34.6 Å². The topological polar surface area (TPSA) is 42.9 Å². The summed E-state index contributed by atoms with van der Waals surface area (Å²) in [5.41, 5.74) is 0.613. The molecule has 164 valence electrons. The Balaban J connectivity index is 1.91. The molecule has 0 bridgehead atoms. The Kier molecular flexibility index (Phi) is 9.18. The fraction of sp³-hybridized carbons (Fsp3) is 0.682. The van der Waals surface area contributed by atoms with Gasteiger partial charge in [-0.05, 0) is 37.6 Å². The van der Waals surface area contributed by atoms with Gasteiger partial charge in [-0.15, -0.1) is 0 Å². The summed E-state index contributed by atoms with van der Waals surface area (Å²) in [5, 5.41) is 7.24. The van der Waals surface area contributed by atoms with E-state index in [-0.39, 0.29) is 11.2 Å². The van der Waals surface area contributed by atoms with E-state index in [4.69, 9.17) is 16.6 Å². The molecule has 1 aliphatic rings. The first kappa shape index (κ1) is 23.9. The van der Waals surface area contributed by atoms with Crippen LogP contribution in [0.15, 0.2) is 23.2 Å². The van der Waals surface area contributed by atoms with Gasteiger partial charge >= 0.3 is 0 Å². The molecule has 1 unspecified atom stereocenters. The molecule has 7 heteroatoms. The molecule has 2 rings (SSSR count). The lowest BCUT2D eigenvalue weighted by molar-refractivity contribution is 0.139. The lowest BCUT2D eigenvalue weighted by atomic mass is 9.84. The van der Waals surface area contributed by atoms with Gasteiger partial charge in [0.15, 0.2) is 5.96 Å². The van der Waals surface area contributed by atoms with E-state index in [0.717, 1.165) is 57.3 Å². The fourth-order valence-electron chi connectivity index (χ4n) is 3.55. The van der Waals surface area contributed by atoms with Crippen LogP contribution in [0.1, 0.15) is 33.3 Å². The van der Waals surface area contributed by atoms with Gasteiger partial charge in [-0.3, -0.25) is 4.99 Å². The summed E-state index contributed by atoms with van der Waals surface area (Å²) in [4.78, 5) is 9.69. The van der Waals surface area contributed by atoms with E-state index in [1.165, 1.54) is 12.1 Å². The van der Waals surface area contributed by atoms with Crippen LogP contribution in [0, 0.1) is 11.7 Å². The minimum absolute atomic E-state index is 0.293. The molecule has 2 N–H and O–H groups in total. The quantitative estimate of drug-likeness (QED) is 0.496. The number of nitrogens with one attached hydrogen (secondary N) is 2. The van der Waals surface area contributed by atoms with Crippen LogP contribution in [0.4, 0.5) is 4.39 Å². The number of nitrogens with zero attached hydrogens (tertiary/aromatic N) is 3. The van der Waals surface area contributed by atoms with Crippen LogP contribution in [-0.4, -0.2) is 75.2 Å². The standard InChI is InChI=1S/C22H37ClFN5/c1-6-25-21(26-14-17(2)15-29-11-9-28(5)10-12-29)27-16-22(3,4)19-8-7-18(24)13-20(19)23/h7-8,13,17H,6,9-12,14-16H2,1-5H3,(H2,25,26,27). The van der Waals surface area contributed by atoms with E-state index in [2.05, 4.69) is 55.2 Å². The summed E-state index contributed by atoms with van der Waals surface area (Å²) in [7, 11) is 2.18. The van der Waals surface area contributed by atoms with Crippen molar-refractivity contribution in [1.82, 2.24) is 20.4 Å². The number of aliphatic imine (C=N–C) groups is 1.